The van der Waals surface area contributed by atoms with Gasteiger partial charge < -0.3 is 10.3 Å². The molecule has 156 valence electrons. The van der Waals surface area contributed by atoms with Crippen LogP contribution < -0.4 is 5.32 Å². The third kappa shape index (κ3) is 2.70. The van der Waals surface area contributed by atoms with Crippen molar-refractivity contribution < 1.29 is 0 Å². The van der Waals surface area contributed by atoms with Crippen LogP contribution in [0.3, 0.4) is 0 Å². The van der Waals surface area contributed by atoms with Gasteiger partial charge in [0.25, 0.3) is 0 Å². The van der Waals surface area contributed by atoms with Crippen LogP contribution in [0.4, 0.5) is 0 Å². The van der Waals surface area contributed by atoms with Gasteiger partial charge in [0.15, 0.2) is 5.65 Å². The standard InChI is InChI=1S/C24H29N5S/c1-12(2)19-20-14(4)22(15-8-17-5-6-18(9-15)27-17)30-24(20)28-21(19)16-7-13(3)23-25-11-26-29(23)10-16/h7,10-12,15,17-18,27-28H,5-6,8-9H2,1-4H3/t15-,17-,18?/m1/s1. The molecule has 2 saturated heterocycles. The number of thiophene rings is 1. The SMILES string of the molecule is Cc1c([C@H]2CC3CC[C@H](C2)N3)sc2[nH]c(-c3cc(C)c4ncnn4c3)c(C(C)C)c12. The van der Waals surface area contributed by atoms with E-state index in [4.69, 9.17) is 0 Å². The van der Waals surface area contributed by atoms with E-state index >= 15 is 0 Å². The van der Waals surface area contributed by atoms with Gasteiger partial charge >= 0.3 is 0 Å². The van der Waals surface area contributed by atoms with Gasteiger partial charge in [-0.1, -0.05) is 13.8 Å². The molecule has 2 bridgehead atoms. The van der Waals surface area contributed by atoms with Crippen molar-refractivity contribution in [2.24, 2.45) is 0 Å². The van der Waals surface area contributed by atoms with Gasteiger partial charge in [-0.15, -0.1) is 11.3 Å². The average Bonchev–Trinajstić information content (AvgIpc) is 3.46. The first-order chi connectivity index (χ1) is 14.5. The summed E-state index contributed by atoms with van der Waals surface area (Å²) in [6.07, 6.45) is 9.05. The van der Waals surface area contributed by atoms with Gasteiger partial charge in [-0.2, -0.15) is 5.10 Å². The molecule has 2 aliphatic heterocycles. The summed E-state index contributed by atoms with van der Waals surface area (Å²) in [7, 11) is 0. The molecule has 6 rings (SSSR count). The Balaban J connectivity index is 1.50. The highest BCUT2D eigenvalue weighted by Gasteiger charge is 2.36. The van der Waals surface area contributed by atoms with Crippen molar-refractivity contribution in [1.82, 2.24) is 24.9 Å². The van der Waals surface area contributed by atoms with E-state index in [9.17, 15) is 0 Å². The van der Waals surface area contributed by atoms with Crippen LogP contribution in [-0.4, -0.2) is 31.7 Å². The molecule has 6 heteroatoms. The van der Waals surface area contributed by atoms with Crippen molar-refractivity contribution in [3.05, 3.63) is 40.2 Å². The Labute approximate surface area is 180 Å². The molecule has 1 unspecified atom stereocenters. The summed E-state index contributed by atoms with van der Waals surface area (Å²) in [6.45, 7) is 9.10. The van der Waals surface area contributed by atoms with E-state index < -0.39 is 0 Å². The summed E-state index contributed by atoms with van der Waals surface area (Å²) in [4.78, 5) is 11.2. The lowest BCUT2D eigenvalue weighted by Crippen LogP contribution is -2.37. The fourth-order valence-corrected chi connectivity index (χ4v) is 7.30. The lowest BCUT2D eigenvalue weighted by molar-refractivity contribution is 0.366. The van der Waals surface area contributed by atoms with Crippen molar-refractivity contribution in [1.29, 1.82) is 0 Å². The number of nitrogens with zero attached hydrogens (tertiary/aromatic N) is 3. The minimum absolute atomic E-state index is 0.450. The normalized spacial score (nSPS) is 24.0. The zero-order valence-electron chi connectivity index (χ0n) is 18.1. The van der Waals surface area contributed by atoms with E-state index in [1.54, 1.807) is 11.2 Å². The predicted octanol–water partition coefficient (Wildman–Crippen LogP) is 5.68. The first-order valence-corrected chi connectivity index (χ1v) is 12.0. The summed E-state index contributed by atoms with van der Waals surface area (Å²) >= 11 is 2.00. The first kappa shape index (κ1) is 18.6. The number of H-pyrrole nitrogens is 1. The van der Waals surface area contributed by atoms with Gasteiger partial charge in [-0.25, -0.2) is 9.50 Å². The lowest BCUT2D eigenvalue weighted by Gasteiger charge is -2.29. The molecule has 0 spiro atoms. The number of hydrogen-bond donors (Lipinski definition) is 2. The summed E-state index contributed by atoms with van der Waals surface area (Å²) in [5, 5.41) is 9.64. The molecule has 0 aromatic carbocycles. The van der Waals surface area contributed by atoms with E-state index in [1.807, 2.05) is 15.9 Å². The molecule has 4 aromatic heterocycles. The highest BCUT2D eigenvalue weighted by atomic mass is 32.1. The highest BCUT2D eigenvalue weighted by Crippen LogP contribution is 2.47. The number of aromatic nitrogens is 4. The second-order valence-corrected chi connectivity index (χ2v) is 10.7. The fraction of sp³-hybridized carbons (Fsp3) is 0.500. The summed E-state index contributed by atoms with van der Waals surface area (Å²) in [6, 6.07) is 3.70. The molecule has 6 heterocycles. The summed E-state index contributed by atoms with van der Waals surface area (Å²) in [5.74, 6) is 1.16. The molecule has 0 saturated carbocycles. The summed E-state index contributed by atoms with van der Waals surface area (Å²) < 4.78 is 1.90. The maximum Gasteiger partial charge on any atom is 0.158 e. The monoisotopic (exact) mass is 419 g/mol. The molecule has 2 aliphatic rings. The van der Waals surface area contributed by atoms with E-state index in [-0.39, 0.29) is 0 Å². The number of aromatic amines is 1. The maximum atomic E-state index is 4.38. The molecule has 4 aromatic rings. The Morgan fingerprint density at radius 2 is 1.93 bits per heavy atom. The predicted molar refractivity (Wildman–Crippen MR) is 124 cm³/mol. The highest BCUT2D eigenvalue weighted by molar-refractivity contribution is 7.19. The molecule has 2 fully saturated rings. The van der Waals surface area contributed by atoms with Gasteiger partial charge in [-0.05, 0) is 74.1 Å². The number of aryl methyl sites for hydroxylation is 2. The Kier molecular flexibility index (Phi) is 4.12. The van der Waals surface area contributed by atoms with Crippen molar-refractivity contribution in [3.8, 4) is 11.3 Å². The quantitative estimate of drug-likeness (QED) is 0.449. The molecule has 0 amide bonds. The van der Waals surface area contributed by atoms with Crippen LogP contribution >= 0.6 is 11.3 Å². The number of hydrogen-bond acceptors (Lipinski definition) is 4. The zero-order chi connectivity index (χ0) is 20.6. The molecule has 0 aliphatic carbocycles. The first-order valence-electron chi connectivity index (χ1n) is 11.2. The zero-order valence-corrected chi connectivity index (χ0v) is 18.9. The number of pyridine rings is 1. The minimum Gasteiger partial charge on any atom is -0.346 e. The van der Waals surface area contributed by atoms with Crippen LogP contribution in [0.1, 0.15) is 72.9 Å². The molecule has 0 radical (unpaired) electrons. The van der Waals surface area contributed by atoms with Crippen LogP contribution in [-0.2, 0) is 0 Å². The van der Waals surface area contributed by atoms with Crippen molar-refractivity contribution in [2.45, 2.75) is 77.3 Å². The van der Waals surface area contributed by atoms with Crippen LogP contribution in [0.25, 0.3) is 27.1 Å². The fourth-order valence-electron chi connectivity index (χ4n) is 5.95. The van der Waals surface area contributed by atoms with Crippen molar-refractivity contribution in [2.75, 3.05) is 0 Å². The average molecular weight is 420 g/mol. The minimum atomic E-state index is 0.450. The lowest BCUT2D eigenvalue weighted by atomic mass is 9.88. The van der Waals surface area contributed by atoms with Crippen LogP contribution in [0, 0.1) is 13.8 Å². The number of fused-ring (bicyclic) bond motifs is 4. The van der Waals surface area contributed by atoms with E-state index in [1.165, 1.54) is 58.3 Å². The molecule has 3 atom stereocenters. The Bertz CT molecular complexity index is 1250. The van der Waals surface area contributed by atoms with Gasteiger partial charge in [0, 0.05) is 34.1 Å². The van der Waals surface area contributed by atoms with E-state index in [0.717, 1.165) is 23.3 Å². The largest absolute Gasteiger partial charge is 0.346 e. The molecule has 2 N–H and O–H groups in total. The Hall–Kier alpha value is -2.18. The molecule has 5 nitrogen and oxygen atoms in total. The number of piperidine rings is 1. The smallest absolute Gasteiger partial charge is 0.158 e. The maximum absolute atomic E-state index is 4.38. The Morgan fingerprint density at radius 1 is 1.17 bits per heavy atom. The molecular formula is C24H29N5S. The van der Waals surface area contributed by atoms with Crippen molar-refractivity contribution in [3.63, 3.8) is 0 Å². The third-order valence-electron chi connectivity index (χ3n) is 7.23. The van der Waals surface area contributed by atoms with Crippen LogP contribution in [0.2, 0.25) is 0 Å². The molecular weight excluding hydrogens is 390 g/mol. The van der Waals surface area contributed by atoms with E-state index in [2.05, 4.69) is 60.3 Å². The van der Waals surface area contributed by atoms with Gasteiger partial charge in [0.2, 0.25) is 0 Å². The number of rotatable bonds is 3. The van der Waals surface area contributed by atoms with Crippen molar-refractivity contribution >= 4 is 27.2 Å². The second-order valence-electron chi connectivity index (χ2n) is 9.61. The van der Waals surface area contributed by atoms with Crippen LogP contribution in [0.15, 0.2) is 18.6 Å². The van der Waals surface area contributed by atoms with Gasteiger partial charge in [0.1, 0.15) is 11.2 Å². The van der Waals surface area contributed by atoms with Gasteiger partial charge in [0.05, 0.1) is 5.69 Å². The molecule has 30 heavy (non-hydrogen) atoms. The topological polar surface area (TPSA) is 58.0 Å². The summed E-state index contributed by atoms with van der Waals surface area (Å²) in [5.41, 5.74) is 7.47. The third-order valence-corrected chi connectivity index (χ3v) is 8.60. The Morgan fingerprint density at radius 3 is 2.67 bits per heavy atom. The van der Waals surface area contributed by atoms with E-state index in [0.29, 0.717) is 11.8 Å². The van der Waals surface area contributed by atoms with Gasteiger partial charge in [-0.3, -0.25) is 0 Å². The number of nitrogens with one attached hydrogen (secondary N) is 2. The second kappa shape index (κ2) is 6.66. The van der Waals surface area contributed by atoms with Crippen LogP contribution in [0.5, 0.6) is 0 Å².